The van der Waals surface area contributed by atoms with Gasteiger partial charge >= 0.3 is 0 Å². The number of likely N-dealkylation sites (tertiary alicyclic amines) is 1. The van der Waals surface area contributed by atoms with Crippen LogP contribution in [0.4, 0.5) is 0 Å². The quantitative estimate of drug-likeness (QED) is 0.809. The molecule has 124 valence electrons. The highest BCUT2D eigenvalue weighted by Crippen LogP contribution is 2.43. The van der Waals surface area contributed by atoms with E-state index < -0.39 is 0 Å². The second-order valence-electron chi connectivity index (χ2n) is 7.48. The third kappa shape index (κ3) is 2.27. The van der Waals surface area contributed by atoms with Crippen molar-refractivity contribution in [3.8, 4) is 0 Å². The number of benzene rings is 1. The number of aromatic nitrogens is 2. The van der Waals surface area contributed by atoms with E-state index >= 15 is 0 Å². The molecule has 0 spiro atoms. The molecule has 1 atom stereocenters. The molecule has 4 heteroatoms. The topological polar surface area (TPSA) is 38.1 Å². The zero-order valence-corrected chi connectivity index (χ0v) is 13.9. The Hall–Kier alpha value is -2.10. The van der Waals surface area contributed by atoms with Gasteiger partial charge in [-0.3, -0.25) is 4.79 Å². The molecule has 1 unspecified atom stereocenters. The summed E-state index contributed by atoms with van der Waals surface area (Å²) in [6.45, 7) is 1.69. The molecule has 2 heterocycles. The van der Waals surface area contributed by atoms with Crippen molar-refractivity contribution in [3.63, 3.8) is 0 Å². The van der Waals surface area contributed by atoms with Crippen LogP contribution in [0.15, 0.2) is 36.4 Å². The van der Waals surface area contributed by atoms with Gasteiger partial charge in [0.05, 0.1) is 17.1 Å². The maximum Gasteiger partial charge on any atom is 0.226 e. The highest BCUT2D eigenvalue weighted by molar-refractivity contribution is 5.81. The van der Waals surface area contributed by atoms with Gasteiger partial charge in [0.25, 0.3) is 0 Å². The molecule has 0 bridgehead atoms. The fraction of sp³-hybridized carbons (Fsp3) is 0.500. The molecular weight excluding hydrogens is 298 g/mol. The predicted molar refractivity (Wildman–Crippen MR) is 93.8 cm³/mol. The molecule has 1 aromatic carbocycles. The van der Waals surface area contributed by atoms with E-state index in [0.717, 1.165) is 37.9 Å². The Morgan fingerprint density at radius 2 is 1.92 bits per heavy atom. The van der Waals surface area contributed by atoms with Crippen LogP contribution < -0.4 is 0 Å². The van der Waals surface area contributed by atoms with Gasteiger partial charge < -0.3 is 9.47 Å². The molecule has 2 fully saturated rings. The van der Waals surface area contributed by atoms with Crippen molar-refractivity contribution in [2.75, 3.05) is 13.1 Å². The Labute approximate surface area is 142 Å². The van der Waals surface area contributed by atoms with Crippen molar-refractivity contribution in [2.24, 2.45) is 5.92 Å². The summed E-state index contributed by atoms with van der Waals surface area (Å²) in [5.41, 5.74) is 2.33. The van der Waals surface area contributed by atoms with Crippen LogP contribution >= 0.6 is 0 Å². The third-order valence-electron chi connectivity index (χ3n) is 5.72. The van der Waals surface area contributed by atoms with Crippen molar-refractivity contribution < 1.29 is 4.79 Å². The first kappa shape index (κ1) is 14.3. The zero-order chi connectivity index (χ0) is 16.1. The summed E-state index contributed by atoms with van der Waals surface area (Å²) in [4.78, 5) is 19.6. The van der Waals surface area contributed by atoms with Gasteiger partial charge in [0.2, 0.25) is 5.91 Å². The van der Waals surface area contributed by atoms with Crippen LogP contribution in [-0.2, 0) is 4.79 Å². The minimum absolute atomic E-state index is 0.207. The van der Waals surface area contributed by atoms with E-state index in [4.69, 9.17) is 4.98 Å². The highest BCUT2D eigenvalue weighted by Gasteiger charge is 2.39. The summed E-state index contributed by atoms with van der Waals surface area (Å²) in [6.07, 6.45) is 9.85. The molecule has 1 aromatic heterocycles. The van der Waals surface area contributed by atoms with Gasteiger partial charge in [0.15, 0.2) is 0 Å². The van der Waals surface area contributed by atoms with E-state index in [1.54, 1.807) is 0 Å². The van der Waals surface area contributed by atoms with Crippen molar-refractivity contribution in [3.05, 3.63) is 42.2 Å². The summed E-state index contributed by atoms with van der Waals surface area (Å²) in [6, 6.07) is 8.82. The first-order valence-corrected chi connectivity index (χ1v) is 9.22. The lowest BCUT2D eigenvalue weighted by molar-refractivity contribution is -0.141. The van der Waals surface area contributed by atoms with Crippen LogP contribution in [0.25, 0.3) is 11.0 Å². The number of carbonyl (C=O) groups excluding carboxylic acids is 1. The summed E-state index contributed by atoms with van der Waals surface area (Å²) >= 11 is 0. The van der Waals surface area contributed by atoms with Gasteiger partial charge in [-0.2, -0.15) is 0 Å². The molecule has 1 saturated heterocycles. The molecule has 1 saturated carbocycles. The van der Waals surface area contributed by atoms with E-state index in [1.165, 1.54) is 24.2 Å². The van der Waals surface area contributed by atoms with Gasteiger partial charge in [0, 0.05) is 24.9 Å². The standard InChI is InChI=1S/C20H23N3O/c24-20(15-6-2-1-3-7-15)22-12-16(13-22)23-18-9-5-4-8-17(18)21-19(23)14-10-11-14/h1-2,4-5,8-9,14-16H,3,6-7,10-13H2. The lowest BCUT2D eigenvalue weighted by atomic mass is 9.91. The van der Waals surface area contributed by atoms with E-state index in [1.807, 2.05) is 0 Å². The first-order chi connectivity index (χ1) is 11.8. The minimum atomic E-state index is 0.207. The fourth-order valence-electron chi connectivity index (χ4n) is 4.15. The predicted octanol–water partition coefficient (Wildman–Crippen LogP) is 3.65. The lowest BCUT2D eigenvalue weighted by Gasteiger charge is -2.42. The first-order valence-electron chi connectivity index (χ1n) is 9.22. The van der Waals surface area contributed by atoms with E-state index in [9.17, 15) is 4.79 Å². The number of para-hydroxylation sites is 2. The number of allylic oxidation sites excluding steroid dienone is 2. The average molecular weight is 321 g/mol. The number of amides is 1. The van der Waals surface area contributed by atoms with Crippen LogP contribution in [0.5, 0.6) is 0 Å². The van der Waals surface area contributed by atoms with Crippen LogP contribution in [0, 0.1) is 5.92 Å². The van der Waals surface area contributed by atoms with Crippen molar-refractivity contribution >= 4 is 16.9 Å². The van der Waals surface area contributed by atoms with Gasteiger partial charge in [-0.1, -0.05) is 24.3 Å². The Bertz CT molecular complexity index is 811. The van der Waals surface area contributed by atoms with Crippen LogP contribution in [-0.4, -0.2) is 33.4 Å². The normalized spacial score (nSPS) is 24.3. The molecule has 5 rings (SSSR count). The zero-order valence-electron chi connectivity index (χ0n) is 13.9. The summed E-state index contributed by atoms with van der Waals surface area (Å²) < 4.78 is 2.43. The number of hydrogen-bond donors (Lipinski definition) is 0. The summed E-state index contributed by atoms with van der Waals surface area (Å²) in [5, 5.41) is 0. The van der Waals surface area contributed by atoms with Gasteiger partial charge in [0.1, 0.15) is 5.82 Å². The van der Waals surface area contributed by atoms with Crippen molar-refractivity contribution in [1.29, 1.82) is 0 Å². The number of rotatable bonds is 3. The molecule has 0 radical (unpaired) electrons. The number of nitrogens with zero attached hydrogens (tertiary/aromatic N) is 3. The van der Waals surface area contributed by atoms with E-state index in [0.29, 0.717) is 17.9 Å². The Balaban J connectivity index is 1.37. The van der Waals surface area contributed by atoms with Crippen LogP contribution in [0.2, 0.25) is 0 Å². The molecule has 2 aliphatic carbocycles. The second-order valence-corrected chi connectivity index (χ2v) is 7.48. The second kappa shape index (κ2) is 5.47. The van der Waals surface area contributed by atoms with E-state index in [2.05, 4.69) is 45.9 Å². The molecule has 24 heavy (non-hydrogen) atoms. The number of imidazole rings is 1. The Kier molecular flexibility index (Phi) is 3.25. The number of hydrogen-bond acceptors (Lipinski definition) is 2. The molecule has 1 amide bonds. The van der Waals surface area contributed by atoms with E-state index in [-0.39, 0.29) is 5.92 Å². The fourth-order valence-corrected chi connectivity index (χ4v) is 4.15. The number of carbonyl (C=O) groups is 1. The maximum atomic E-state index is 12.7. The van der Waals surface area contributed by atoms with Crippen molar-refractivity contribution in [2.45, 2.75) is 44.1 Å². The molecule has 4 nitrogen and oxygen atoms in total. The van der Waals surface area contributed by atoms with Crippen LogP contribution in [0.3, 0.4) is 0 Å². The Morgan fingerprint density at radius 1 is 1.08 bits per heavy atom. The monoisotopic (exact) mass is 321 g/mol. The van der Waals surface area contributed by atoms with Gasteiger partial charge in [-0.25, -0.2) is 4.98 Å². The van der Waals surface area contributed by atoms with Crippen LogP contribution in [0.1, 0.15) is 49.9 Å². The largest absolute Gasteiger partial charge is 0.338 e. The highest BCUT2D eigenvalue weighted by atomic mass is 16.2. The van der Waals surface area contributed by atoms with Gasteiger partial charge in [-0.15, -0.1) is 0 Å². The number of fused-ring (bicyclic) bond motifs is 1. The Morgan fingerprint density at radius 3 is 2.67 bits per heavy atom. The van der Waals surface area contributed by atoms with Gasteiger partial charge in [-0.05, 0) is 44.2 Å². The third-order valence-corrected chi connectivity index (χ3v) is 5.72. The molecule has 1 aliphatic heterocycles. The average Bonchev–Trinajstić information content (AvgIpc) is 3.36. The molecule has 3 aliphatic rings. The molecule has 2 aromatic rings. The summed E-state index contributed by atoms with van der Waals surface area (Å²) in [7, 11) is 0. The minimum Gasteiger partial charge on any atom is -0.338 e. The molecular formula is C20H23N3O. The van der Waals surface area contributed by atoms with Crippen molar-refractivity contribution in [1.82, 2.24) is 14.5 Å². The summed E-state index contributed by atoms with van der Waals surface area (Å²) in [5.74, 6) is 2.44. The lowest BCUT2D eigenvalue weighted by Crippen LogP contribution is -2.53. The smallest absolute Gasteiger partial charge is 0.226 e. The maximum absolute atomic E-state index is 12.7. The SMILES string of the molecule is O=C(C1CC=CCC1)N1CC(n2c(C3CC3)nc3ccccc32)C1. The molecule has 0 N–H and O–H groups in total.